The van der Waals surface area contributed by atoms with E-state index in [9.17, 15) is 9.90 Å². The fourth-order valence-electron chi connectivity index (χ4n) is 2.73. The van der Waals surface area contributed by atoms with Crippen molar-refractivity contribution in [3.8, 4) is 0 Å². The molecule has 4 nitrogen and oxygen atoms in total. The molecule has 1 aliphatic rings. The fourth-order valence-corrected chi connectivity index (χ4v) is 2.73. The van der Waals surface area contributed by atoms with Crippen molar-refractivity contribution < 1.29 is 9.90 Å². The van der Waals surface area contributed by atoms with Gasteiger partial charge in [0.1, 0.15) is 6.04 Å². The van der Waals surface area contributed by atoms with Crippen LogP contribution in [0.4, 0.5) is 5.69 Å². The Balaban J connectivity index is 2.36. The highest BCUT2D eigenvalue weighted by Gasteiger charge is 2.34. The van der Waals surface area contributed by atoms with Crippen LogP contribution in [0.25, 0.3) is 0 Å². The van der Waals surface area contributed by atoms with Crippen LogP contribution in [0, 0.1) is 0 Å². The molecular weight excluding hydrogens is 240 g/mol. The van der Waals surface area contributed by atoms with Gasteiger partial charge in [0.2, 0.25) is 5.91 Å². The van der Waals surface area contributed by atoms with Crippen LogP contribution in [0.2, 0.25) is 0 Å². The minimum atomic E-state index is -0.269. The van der Waals surface area contributed by atoms with Gasteiger partial charge in [-0.2, -0.15) is 0 Å². The number of benzene rings is 1. The van der Waals surface area contributed by atoms with E-state index in [1.165, 1.54) is 0 Å². The van der Waals surface area contributed by atoms with Crippen molar-refractivity contribution >= 4 is 11.6 Å². The lowest BCUT2D eigenvalue weighted by Gasteiger charge is -2.35. The Morgan fingerprint density at radius 3 is 2.63 bits per heavy atom. The van der Waals surface area contributed by atoms with Crippen LogP contribution in [0.15, 0.2) is 30.3 Å². The molecule has 0 radical (unpaired) electrons. The first-order chi connectivity index (χ1) is 9.15. The van der Waals surface area contributed by atoms with Gasteiger partial charge in [0, 0.05) is 31.9 Å². The van der Waals surface area contributed by atoms with Crippen LogP contribution in [0.3, 0.4) is 0 Å². The van der Waals surface area contributed by atoms with Crippen LogP contribution in [0.5, 0.6) is 0 Å². The van der Waals surface area contributed by atoms with E-state index in [1.807, 2.05) is 37.4 Å². The fraction of sp³-hybridized carbons (Fsp3) is 0.533. The second-order valence-corrected chi connectivity index (χ2v) is 5.17. The highest BCUT2D eigenvalue weighted by molar-refractivity contribution is 5.85. The van der Waals surface area contributed by atoms with Gasteiger partial charge in [-0.25, -0.2) is 0 Å². The number of carbonyl (C=O) groups excluding carboxylic acids is 1. The molecule has 1 heterocycles. The van der Waals surface area contributed by atoms with Crippen molar-refractivity contribution in [1.29, 1.82) is 0 Å². The molecule has 1 aliphatic heterocycles. The number of rotatable bonds is 3. The third kappa shape index (κ3) is 2.89. The standard InChI is InChI=1S/C15H22N2O2/c1-12-8-10-16(2)15(19)14(9-11-18)17(12)13-6-4-3-5-7-13/h3-7,12,14,18H,8-11H2,1-2H3. The quantitative estimate of drug-likeness (QED) is 0.897. The molecule has 2 rings (SSSR count). The smallest absolute Gasteiger partial charge is 0.245 e. The van der Waals surface area contributed by atoms with Crippen LogP contribution < -0.4 is 4.90 Å². The topological polar surface area (TPSA) is 43.8 Å². The Morgan fingerprint density at radius 1 is 1.32 bits per heavy atom. The average molecular weight is 262 g/mol. The average Bonchev–Trinajstić information content (AvgIpc) is 2.53. The van der Waals surface area contributed by atoms with E-state index in [0.717, 1.165) is 18.7 Å². The molecular formula is C15H22N2O2. The molecule has 1 fully saturated rings. The molecule has 1 saturated heterocycles. The zero-order chi connectivity index (χ0) is 13.8. The van der Waals surface area contributed by atoms with Crippen LogP contribution in [-0.2, 0) is 4.79 Å². The Labute approximate surface area is 114 Å². The lowest BCUT2D eigenvalue weighted by atomic mass is 10.1. The molecule has 104 valence electrons. The predicted molar refractivity (Wildman–Crippen MR) is 76.1 cm³/mol. The first-order valence-electron chi connectivity index (χ1n) is 6.84. The maximum absolute atomic E-state index is 12.4. The van der Waals surface area contributed by atoms with Gasteiger partial charge in [-0.15, -0.1) is 0 Å². The van der Waals surface area contributed by atoms with Gasteiger partial charge in [-0.05, 0) is 31.9 Å². The van der Waals surface area contributed by atoms with Crippen LogP contribution in [0.1, 0.15) is 19.8 Å². The molecule has 2 atom stereocenters. The Kier molecular flexibility index (Phi) is 4.43. The maximum Gasteiger partial charge on any atom is 0.245 e. The van der Waals surface area contributed by atoms with Gasteiger partial charge in [0.15, 0.2) is 0 Å². The first kappa shape index (κ1) is 13.9. The number of carbonyl (C=O) groups is 1. The summed E-state index contributed by atoms with van der Waals surface area (Å²) in [5.41, 5.74) is 1.05. The molecule has 0 bridgehead atoms. The van der Waals surface area contributed by atoms with Gasteiger partial charge in [-0.1, -0.05) is 18.2 Å². The highest BCUT2D eigenvalue weighted by atomic mass is 16.3. The molecule has 1 aromatic carbocycles. The van der Waals surface area contributed by atoms with Crippen molar-refractivity contribution in [3.05, 3.63) is 30.3 Å². The van der Waals surface area contributed by atoms with Crippen molar-refractivity contribution in [2.75, 3.05) is 25.1 Å². The zero-order valence-electron chi connectivity index (χ0n) is 11.6. The molecule has 4 heteroatoms. The molecule has 2 unspecified atom stereocenters. The second-order valence-electron chi connectivity index (χ2n) is 5.17. The minimum Gasteiger partial charge on any atom is -0.396 e. The van der Waals surface area contributed by atoms with Crippen molar-refractivity contribution in [3.63, 3.8) is 0 Å². The molecule has 19 heavy (non-hydrogen) atoms. The number of hydrogen-bond donors (Lipinski definition) is 1. The number of aliphatic hydroxyl groups excluding tert-OH is 1. The summed E-state index contributed by atoms with van der Waals surface area (Å²) >= 11 is 0. The van der Waals surface area contributed by atoms with E-state index in [4.69, 9.17) is 0 Å². The van der Waals surface area contributed by atoms with Crippen LogP contribution >= 0.6 is 0 Å². The van der Waals surface area contributed by atoms with E-state index in [-0.39, 0.29) is 24.6 Å². The number of amides is 1. The summed E-state index contributed by atoms with van der Waals surface area (Å²) in [6.45, 7) is 2.94. The number of hydrogen-bond acceptors (Lipinski definition) is 3. The third-order valence-electron chi connectivity index (χ3n) is 3.81. The molecule has 1 amide bonds. The van der Waals surface area contributed by atoms with Gasteiger partial charge < -0.3 is 14.9 Å². The highest BCUT2D eigenvalue weighted by Crippen LogP contribution is 2.26. The molecule has 0 saturated carbocycles. The van der Waals surface area contributed by atoms with Gasteiger partial charge >= 0.3 is 0 Å². The number of nitrogens with zero attached hydrogens (tertiary/aromatic N) is 2. The maximum atomic E-state index is 12.4. The first-order valence-corrected chi connectivity index (χ1v) is 6.84. The predicted octanol–water partition coefficient (Wildman–Crippen LogP) is 1.49. The summed E-state index contributed by atoms with van der Waals surface area (Å²) in [5.74, 6) is 0.0993. The summed E-state index contributed by atoms with van der Waals surface area (Å²) in [6, 6.07) is 10.0. The summed E-state index contributed by atoms with van der Waals surface area (Å²) in [7, 11) is 1.84. The zero-order valence-corrected chi connectivity index (χ0v) is 11.6. The largest absolute Gasteiger partial charge is 0.396 e. The van der Waals surface area contributed by atoms with E-state index in [2.05, 4.69) is 11.8 Å². The van der Waals surface area contributed by atoms with E-state index in [0.29, 0.717) is 6.42 Å². The van der Waals surface area contributed by atoms with Crippen molar-refractivity contribution in [1.82, 2.24) is 4.90 Å². The van der Waals surface area contributed by atoms with Gasteiger partial charge in [0.25, 0.3) is 0 Å². The van der Waals surface area contributed by atoms with E-state index >= 15 is 0 Å². The lowest BCUT2D eigenvalue weighted by molar-refractivity contribution is -0.131. The van der Waals surface area contributed by atoms with Crippen molar-refractivity contribution in [2.45, 2.75) is 31.8 Å². The molecule has 0 aliphatic carbocycles. The van der Waals surface area contributed by atoms with Crippen LogP contribution in [-0.4, -0.2) is 48.2 Å². The summed E-state index contributed by atoms with van der Waals surface area (Å²) in [6.07, 6.45) is 1.42. The Morgan fingerprint density at radius 2 is 2.00 bits per heavy atom. The molecule has 1 aromatic rings. The molecule has 0 aromatic heterocycles. The molecule has 0 spiro atoms. The Hall–Kier alpha value is -1.55. The number of likely N-dealkylation sites (N-methyl/N-ethyl adjacent to an activating group) is 1. The number of aliphatic hydroxyl groups is 1. The lowest BCUT2D eigenvalue weighted by Crippen LogP contribution is -2.48. The molecule has 1 N–H and O–H groups in total. The van der Waals surface area contributed by atoms with Crippen molar-refractivity contribution in [2.24, 2.45) is 0 Å². The summed E-state index contributed by atoms with van der Waals surface area (Å²) in [4.78, 5) is 16.4. The second kappa shape index (κ2) is 6.06. The third-order valence-corrected chi connectivity index (χ3v) is 3.81. The minimum absolute atomic E-state index is 0.0281. The summed E-state index contributed by atoms with van der Waals surface area (Å²) < 4.78 is 0. The normalized spacial score (nSPS) is 24.5. The Bertz CT molecular complexity index is 421. The van der Waals surface area contributed by atoms with Gasteiger partial charge in [-0.3, -0.25) is 4.79 Å². The van der Waals surface area contributed by atoms with Gasteiger partial charge in [0.05, 0.1) is 0 Å². The summed E-state index contributed by atoms with van der Waals surface area (Å²) in [5, 5.41) is 9.27. The SMILES string of the molecule is CC1CCN(C)C(=O)C(CCO)N1c1ccccc1. The number of para-hydroxylation sites is 1. The van der Waals surface area contributed by atoms with E-state index in [1.54, 1.807) is 4.90 Å². The van der Waals surface area contributed by atoms with E-state index < -0.39 is 0 Å². The number of anilines is 1. The monoisotopic (exact) mass is 262 g/mol.